The monoisotopic (exact) mass is 248 g/mol. The van der Waals surface area contributed by atoms with Gasteiger partial charge in [-0.3, -0.25) is 0 Å². The van der Waals surface area contributed by atoms with Crippen molar-refractivity contribution >= 4 is 5.84 Å². The molecule has 0 aliphatic heterocycles. The number of oxime groups is 1. The highest BCUT2D eigenvalue weighted by Crippen LogP contribution is 2.29. The molecule has 0 aromatic heterocycles. The average molecular weight is 248 g/mol. The Balaban J connectivity index is 1.77. The van der Waals surface area contributed by atoms with Gasteiger partial charge in [-0.1, -0.05) is 42.6 Å². The molecule has 0 unspecified atom stereocenters. The van der Waals surface area contributed by atoms with E-state index in [-0.39, 0.29) is 5.84 Å². The zero-order valence-corrected chi connectivity index (χ0v) is 10.5. The summed E-state index contributed by atoms with van der Waals surface area (Å²) in [4.78, 5) is 0. The number of nitrogens with two attached hydrogens (primary N) is 1. The number of hydrogen-bond acceptors (Lipinski definition) is 3. The maximum Gasteiger partial charge on any atom is 0.170 e. The lowest BCUT2D eigenvalue weighted by Crippen LogP contribution is -2.14. The van der Waals surface area contributed by atoms with E-state index >= 15 is 0 Å². The van der Waals surface area contributed by atoms with Crippen LogP contribution in [0.1, 0.15) is 36.8 Å². The third-order valence-corrected chi connectivity index (χ3v) is 3.49. The van der Waals surface area contributed by atoms with Gasteiger partial charge in [-0.15, -0.1) is 0 Å². The summed E-state index contributed by atoms with van der Waals surface area (Å²) < 4.78 is 5.65. The topological polar surface area (TPSA) is 67.8 Å². The highest BCUT2D eigenvalue weighted by Gasteiger charge is 2.16. The van der Waals surface area contributed by atoms with Gasteiger partial charge in [0.15, 0.2) is 5.84 Å². The number of benzene rings is 1. The highest BCUT2D eigenvalue weighted by atomic mass is 16.5. The van der Waals surface area contributed by atoms with Crippen LogP contribution in [0.15, 0.2) is 29.4 Å². The van der Waals surface area contributed by atoms with Gasteiger partial charge in [0.2, 0.25) is 0 Å². The number of ether oxygens (including phenoxy) is 1. The number of rotatable bonds is 6. The minimum absolute atomic E-state index is 0.131. The summed E-state index contributed by atoms with van der Waals surface area (Å²) in [5.74, 6) is 1.01. The van der Waals surface area contributed by atoms with Crippen LogP contribution in [0.2, 0.25) is 0 Å². The lowest BCUT2D eigenvalue weighted by Gasteiger charge is -2.24. The third kappa shape index (κ3) is 3.47. The molecule has 0 bridgehead atoms. The van der Waals surface area contributed by atoms with Crippen molar-refractivity contribution in [3.63, 3.8) is 0 Å². The van der Waals surface area contributed by atoms with Crippen LogP contribution in [0.4, 0.5) is 0 Å². The largest absolute Gasteiger partial charge is 0.409 e. The first-order chi connectivity index (χ1) is 8.79. The molecule has 3 N–H and O–H groups in total. The van der Waals surface area contributed by atoms with Crippen molar-refractivity contribution in [2.24, 2.45) is 16.8 Å². The molecule has 0 radical (unpaired) electrons. The molecule has 4 heteroatoms. The van der Waals surface area contributed by atoms with Gasteiger partial charge in [-0.05, 0) is 24.0 Å². The molecule has 0 amide bonds. The predicted octanol–water partition coefficient (Wildman–Crippen LogP) is 2.49. The summed E-state index contributed by atoms with van der Waals surface area (Å²) >= 11 is 0. The lowest BCUT2D eigenvalue weighted by atomic mass is 9.83. The second-order valence-electron chi connectivity index (χ2n) is 4.82. The van der Waals surface area contributed by atoms with Crippen LogP contribution in [-0.2, 0) is 11.3 Å². The molecule has 0 spiro atoms. The fourth-order valence-electron chi connectivity index (χ4n) is 2.10. The van der Waals surface area contributed by atoms with E-state index in [1.165, 1.54) is 25.7 Å². The number of nitrogens with zero attached hydrogens (tertiary/aromatic N) is 1. The SMILES string of the molecule is N/C(=N/O)c1cccc(COCCC2CCC2)c1. The molecule has 1 aromatic carbocycles. The normalized spacial score (nSPS) is 16.6. The summed E-state index contributed by atoms with van der Waals surface area (Å²) in [6.07, 6.45) is 5.27. The van der Waals surface area contributed by atoms with Crippen LogP contribution in [0, 0.1) is 5.92 Å². The van der Waals surface area contributed by atoms with E-state index in [1.54, 1.807) is 0 Å². The first-order valence-electron chi connectivity index (χ1n) is 6.44. The Kier molecular flexibility index (Phi) is 4.59. The summed E-state index contributed by atoms with van der Waals surface area (Å²) in [5.41, 5.74) is 7.31. The van der Waals surface area contributed by atoms with Crippen molar-refractivity contribution in [2.75, 3.05) is 6.61 Å². The molecule has 1 saturated carbocycles. The minimum atomic E-state index is 0.131. The maximum atomic E-state index is 8.62. The Morgan fingerprint density at radius 2 is 2.28 bits per heavy atom. The van der Waals surface area contributed by atoms with E-state index in [2.05, 4.69) is 5.16 Å². The average Bonchev–Trinajstić information content (AvgIpc) is 2.36. The van der Waals surface area contributed by atoms with Crippen molar-refractivity contribution in [2.45, 2.75) is 32.3 Å². The van der Waals surface area contributed by atoms with E-state index in [4.69, 9.17) is 15.7 Å². The molecule has 1 aliphatic carbocycles. The van der Waals surface area contributed by atoms with Crippen LogP contribution in [0.25, 0.3) is 0 Å². The molecule has 1 fully saturated rings. The van der Waals surface area contributed by atoms with Crippen LogP contribution in [-0.4, -0.2) is 17.6 Å². The first-order valence-corrected chi connectivity index (χ1v) is 6.44. The van der Waals surface area contributed by atoms with Crippen molar-refractivity contribution in [3.8, 4) is 0 Å². The number of amidine groups is 1. The van der Waals surface area contributed by atoms with Crippen molar-refractivity contribution in [3.05, 3.63) is 35.4 Å². The Hall–Kier alpha value is -1.55. The minimum Gasteiger partial charge on any atom is -0.409 e. The molecular formula is C14H20N2O2. The Bertz CT molecular complexity index is 414. The van der Waals surface area contributed by atoms with Gasteiger partial charge in [-0.25, -0.2) is 0 Å². The Morgan fingerprint density at radius 3 is 2.94 bits per heavy atom. The molecule has 2 rings (SSSR count). The zero-order valence-electron chi connectivity index (χ0n) is 10.5. The van der Waals surface area contributed by atoms with Gasteiger partial charge >= 0.3 is 0 Å². The molecule has 1 aromatic rings. The fraction of sp³-hybridized carbons (Fsp3) is 0.500. The van der Waals surface area contributed by atoms with E-state index in [0.717, 1.165) is 23.7 Å². The van der Waals surface area contributed by atoms with Gasteiger partial charge in [-0.2, -0.15) is 0 Å². The standard InChI is InChI=1S/C14H20N2O2/c15-14(16-17)13-6-2-5-12(9-13)10-18-8-7-11-3-1-4-11/h2,5-6,9,11,17H,1,3-4,7-8,10H2,(H2,15,16). The molecular weight excluding hydrogens is 228 g/mol. The fourth-order valence-corrected chi connectivity index (χ4v) is 2.10. The quantitative estimate of drug-likeness (QED) is 0.267. The van der Waals surface area contributed by atoms with Crippen LogP contribution in [0.5, 0.6) is 0 Å². The molecule has 98 valence electrons. The van der Waals surface area contributed by atoms with Gasteiger partial charge in [0.1, 0.15) is 0 Å². The van der Waals surface area contributed by atoms with Crippen molar-refractivity contribution in [1.29, 1.82) is 0 Å². The molecule has 0 saturated heterocycles. The van der Waals surface area contributed by atoms with E-state index in [9.17, 15) is 0 Å². The van der Waals surface area contributed by atoms with Gasteiger partial charge in [0.05, 0.1) is 6.61 Å². The molecule has 1 aliphatic rings. The Labute approximate surface area is 107 Å². The Morgan fingerprint density at radius 1 is 1.44 bits per heavy atom. The van der Waals surface area contributed by atoms with E-state index in [0.29, 0.717) is 6.61 Å². The van der Waals surface area contributed by atoms with Crippen molar-refractivity contribution < 1.29 is 9.94 Å². The second kappa shape index (κ2) is 6.40. The van der Waals surface area contributed by atoms with Gasteiger partial charge in [0.25, 0.3) is 0 Å². The molecule has 4 nitrogen and oxygen atoms in total. The molecule has 0 heterocycles. The predicted molar refractivity (Wildman–Crippen MR) is 70.6 cm³/mol. The van der Waals surface area contributed by atoms with Gasteiger partial charge in [0, 0.05) is 12.2 Å². The molecule has 0 atom stereocenters. The van der Waals surface area contributed by atoms with Crippen LogP contribution < -0.4 is 5.73 Å². The maximum absolute atomic E-state index is 8.62. The summed E-state index contributed by atoms with van der Waals surface area (Å²) in [5, 5.41) is 11.6. The van der Waals surface area contributed by atoms with Crippen LogP contribution >= 0.6 is 0 Å². The summed E-state index contributed by atoms with van der Waals surface area (Å²) in [6, 6.07) is 7.57. The van der Waals surface area contributed by atoms with E-state index < -0.39 is 0 Å². The second-order valence-corrected chi connectivity index (χ2v) is 4.82. The summed E-state index contributed by atoms with van der Waals surface area (Å²) in [7, 11) is 0. The summed E-state index contributed by atoms with van der Waals surface area (Å²) in [6.45, 7) is 1.40. The van der Waals surface area contributed by atoms with Crippen molar-refractivity contribution in [1.82, 2.24) is 0 Å². The van der Waals surface area contributed by atoms with Crippen LogP contribution in [0.3, 0.4) is 0 Å². The van der Waals surface area contributed by atoms with E-state index in [1.807, 2.05) is 24.3 Å². The third-order valence-electron chi connectivity index (χ3n) is 3.49. The highest BCUT2D eigenvalue weighted by molar-refractivity contribution is 5.97. The smallest absolute Gasteiger partial charge is 0.170 e. The molecule has 18 heavy (non-hydrogen) atoms. The lowest BCUT2D eigenvalue weighted by molar-refractivity contribution is 0.0950. The van der Waals surface area contributed by atoms with Gasteiger partial charge < -0.3 is 15.7 Å². The zero-order chi connectivity index (χ0) is 12.8. The number of hydrogen-bond donors (Lipinski definition) is 2. The first kappa shape index (κ1) is 12.9.